The van der Waals surface area contributed by atoms with E-state index in [-0.39, 0.29) is 48.7 Å². The molecule has 344 valence electrons. The number of aromatic nitrogens is 4. The number of nitrogen functional groups attached to an aromatic ring is 1. The maximum Gasteiger partial charge on any atom is 0.481 e. The molecule has 3 unspecified atom stereocenters. The number of hydrogen-bond acceptors (Lipinski definition) is 20. The van der Waals surface area contributed by atoms with Gasteiger partial charge in [-0.3, -0.25) is 42.1 Å². The highest BCUT2D eigenvalue weighted by Crippen LogP contribution is 2.61. The van der Waals surface area contributed by atoms with Crippen LogP contribution in [0.25, 0.3) is 11.2 Å². The van der Waals surface area contributed by atoms with Gasteiger partial charge in [0.05, 0.1) is 19.5 Å². The van der Waals surface area contributed by atoms with Crippen LogP contribution in [0.3, 0.4) is 0 Å². The summed E-state index contributed by atoms with van der Waals surface area (Å²) in [7, 11) is -16.5. The van der Waals surface area contributed by atoms with Crippen LogP contribution in [-0.4, -0.2) is 140 Å². The quantitative estimate of drug-likeness (QED) is 0.0323. The third-order valence-corrected chi connectivity index (χ3v) is 12.6. The number of carbonyl (C=O) groups excluding carboxylic acids is 4. The summed E-state index contributed by atoms with van der Waals surface area (Å²) in [6.07, 6.45) is -5.34. The lowest BCUT2D eigenvalue weighted by molar-refractivity contribution is -0.148. The molecule has 0 bridgehead atoms. The summed E-state index contributed by atoms with van der Waals surface area (Å²) >= 11 is 0.573. The van der Waals surface area contributed by atoms with Gasteiger partial charge in [-0.05, 0) is 6.42 Å². The second kappa shape index (κ2) is 22.4. The summed E-state index contributed by atoms with van der Waals surface area (Å²) in [6, 6.07) is 0. The number of amides is 2. The first kappa shape index (κ1) is 52.0. The Morgan fingerprint density at radius 1 is 1.00 bits per heavy atom. The minimum atomic E-state index is -5.61. The monoisotopic (exact) mass is 951 g/mol. The third-order valence-electron chi connectivity index (χ3n) is 8.58. The minimum Gasteiger partial charge on any atom is -0.480 e. The van der Waals surface area contributed by atoms with Crippen molar-refractivity contribution in [3.8, 4) is 0 Å². The van der Waals surface area contributed by atoms with Crippen LogP contribution in [0.15, 0.2) is 12.7 Å². The van der Waals surface area contributed by atoms with Gasteiger partial charge in [0.2, 0.25) is 16.9 Å². The molecule has 2 aromatic rings. The number of imidazole rings is 1. The number of Topliss-reactive ketones (excluding diaryl/α,β-unsaturated/α-hetero) is 1. The first-order valence-corrected chi connectivity index (χ1v) is 23.6. The Balaban J connectivity index is 1.46. The van der Waals surface area contributed by atoms with Crippen molar-refractivity contribution in [2.24, 2.45) is 11.3 Å². The second-order valence-corrected chi connectivity index (χ2v) is 19.3. The van der Waals surface area contributed by atoms with E-state index in [0.717, 1.165) is 23.6 Å². The maximum atomic E-state index is 12.7. The Labute approximate surface area is 350 Å². The molecule has 0 spiro atoms. The summed E-state index contributed by atoms with van der Waals surface area (Å²) in [5.41, 5.74) is 4.15. The number of phosphoric acid groups is 3. The molecule has 3 rings (SSSR count). The average Bonchev–Trinajstić information content (AvgIpc) is 3.71. The van der Waals surface area contributed by atoms with E-state index in [1.54, 1.807) is 0 Å². The van der Waals surface area contributed by atoms with E-state index in [4.69, 9.17) is 19.5 Å². The molecular formula is C30H48N7O20P3S. The number of fused-ring (bicyclic) bond motifs is 1. The molecule has 2 aromatic heterocycles. The number of carbonyl (C=O) groups is 5. The SMILES string of the molecule is CCCCCC(=O)C(C(=O)O)C(=O)SCCNC(=O)CCNC(=O)[C@H](O)C(C)(C)COP(=O)(O)OP(=O)(O)OC[C@H]1O[C@@H](n2cnc3c(N)ncnc32)[C@H](O)[C@@H]1OP(=O)(O)O. The number of phosphoric ester groups is 3. The Bertz CT molecular complexity index is 2040. The largest absolute Gasteiger partial charge is 0.481 e. The fraction of sp³-hybridized carbons (Fsp3) is 0.667. The maximum absolute atomic E-state index is 12.7. The predicted molar refractivity (Wildman–Crippen MR) is 207 cm³/mol. The van der Waals surface area contributed by atoms with Crippen molar-refractivity contribution in [1.29, 1.82) is 0 Å². The van der Waals surface area contributed by atoms with Gasteiger partial charge in [0.15, 0.2) is 29.4 Å². The van der Waals surface area contributed by atoms with Crippen molar-refractivity contribution in [2.45, 2.75) is 83.5 Å². The van der Waals surface area contributed by atoms with Crippen LogP contribution in [0.2, 0.25) is 0 Å². The highest BCUT2D eigenvalue weighted by Gasteiger charge is 2.50. The molecule has 0 aromatic carbocycles. The van der Waals surface area contributed by atoms with E-state index in [2.05, 4.69) is 34.4 Å². The van der Waals surface area contributed by atoms with Gasteiger partial charge in [-0.25, -0.2) is 28.6 Å². The molecule has 11 N–H and O–H groups in total. The lowest BCUT2D eigenvalue weighted by Crippen LogP contribution is -2.46. The zero-order valence-electron chi connectivity index (χ0n) is 32.7. The number of carboxylic acid groups (broad SMARTS) is 1. The van der Waals surface area contributed by atoms with Gasteiger partial charge < -0.3 is 56.0 Å². The highest BCUT2D eigenvalue weighted by atomic mass is 32.2. The summed E-state index contributed by atoms with van der Waals surface area (Å²) in [6.45, 7) is 1.82. The first-order valence-electron chi connectivity index (χ1n) is 18.1. The number of rotatable bonds is 26. The minimum absolute atomic E-state index is 0.0120. The molecule has 1 aliphatic heterocycles. The number of aliphatic carboxylic acids is 1. The van der Waals surface area contributed by atoms with Gasteiger partial charge in [-0.1, -0.05) is 45.4 Å². The number of carboxylic acids is 1. The summed E-state index contributed by atoms with van der Waals surface area (Å²) in [5.74, 6) is -5.82. The summed E-state index contributed by atoms with van der Waals surface area (Å²) in [5, 5.41) is 34.6. The Morgan fingerprint density at radius 3 is 2.31 bits per heavy atom. The molecule has 61 heavy (non-hydrogen) atoms. The molecule has 0 saturated carbocycles. The number of thioether (sulfide) groups is 1. The van der Waals surface area contributed by atoms with Gasteiger partial charge in [-0.15, -0.1) is 0 Å². The van der Waals surface area contributed by atoms with E-state index in [9.17, 15) is 72.6 Å². The van der Waals surface area contributed by atoms with Crippen LogP contribution >= 0.6 is 35.2 Å². The number of anilines is 1. The number of ketones is 1. The van der Waals surface area contributed by atoms with E-state index in [0.29, 0.717) is 24.6 Å². The standard InChI is InChI=1S/C30H48N7O20P3S/c1-4-5-6-7-16(38)19(28(43)44)29(45)61-11-10-32-18(39)8-9-33-26(42)23(41)30(2,3)13-54-60(51,52)57-59(49,50)53-12-17-22(56-58(46,47)48)21(40)27(55-17)37-15-36-20-24(31)34-14-35-25(20)37/h14-15,17,19,21-23,27,40-41H,4-13H2,1-3H3,(H,32,39)(H,33,42)(H,43,44)(H,49,50)(H,51,52)(H2,31,34,35)(H2,46,47,48)/t17-,19?,21-,22-,23+,27-/m1/s1. The van der Waals surface area contributed by atoms with Crippen LogP contribution < -0.4 is 16.4 Å². The van der Waals surface area contributed by atoms with Gasteiger partial charge in [0, 0.05) is 37.1 Å². The molecule has 1 aliphatic rings. The van der Waals surface area contributed by atoms with E-state index in [1.807, 2.05) is 6.92 Å². The molecule has 1 saturated heterocycles. The number of nitrogens with two attached hydrogens (primary N) is 1. The summed E-state index contributed by atoms with van der Waals surface area (Å²) in [4.78, 5) is 112. The molecule has 0 aliphatic carbocycles. The number of ether oxygens (including phenoxy) is 1. The number of aliphatic hydroxyl groups is 2. The van der Waals surface area contributed by atoms with Crippen LogP contribution in [0.5, 0.6) is 0 Å². The van der Waals surface area contributed by atoms with E-state index < -0.39 is 107 Å². The molecular weight excluding hydrogens is 903 g/mol. The van der Waals surface area contributed by atoms with Crippen molar-refractivity contribution >= 4 is 80.9 Å². The normalized spacial score (nSPS) is 21.3. The van der Waals surface area contributed by atoms with Gasteiger partial charge >= 0.3 is 29.4 Å². The molecule has 0 radical (unpaired) electrons. The second-order valence-electron chi connectivity index (χ2n) is 13.9. The van der Waals surface area contributed by atoms with Gasteiger partial charge in [0.25, 0.3) is 0 Å². The number of nitrogens with one attached hydrogen (secondary N) is 2. The molecule has 2 amide bonds. The van der Waals surface area contributed by atoms with Crippen molar-refractivity contribution in [1.82, 2.24) is 30.2 Å². The molecule has 31 heteroatoms. The zero-order valence-corrected chi connectivity index (χ0v) is 36.2. The van der Waals surface area contributed by atoms with Gasteiger partial charge in [0.1, 0.15) is 36.3 Å². The Hall–Kier alpha value is -3.30. The Kier molecular flexibility index (Phi) is 19.1. The molecule has 27 nitrogen and oxygen atoms in total. The lowest BCUT2D eigenvalue weighted by atomic mass is 9.87. The van der Waals surface area contributed by atoms with Crippen molar-refractivity contribution in [3.63, 3.8) is 0 Å². The average molecular weight is 952 g/mol. The predicted octanol–water partition coefficient (Wildman–Crippen LogP) is -0.485. The van der Waals surface area contributed by atoms with Crippen molar-refractivity contribution < 1.29 is 95.2 Å². The number of nitrogens with zero attached hydrogens (tertiary/aromatic N) is 4. The van der Waals surface area contributed by atoms with Crippen LogP contribution in [0.1, 0.15) is 59.1 Å². The number of unbranched alkanes of at least 4 members (excludes halogenated alkanes) is 2. The number of aliphatic hydroxyl groups excluding tert-OH is 2. The van der Waals surface area contributed by atoms with Crippen molar-refractivity contribution in [2.75, 3.05) is 37.8 Å². The van der Waals surface area contributed by atoms with Crippen molar-refractivity contribution in [3.05, 3.63) is 12.7 Å². The topological polar surface area (TPSA) is 418 Å². The smallest absolute Gasteiger partial charge is 0.480 e. The lowest BCUT2D eigenvalue weighted by Gasteiger charge is -2.30. The molecule has 8 atom stereocenters. The fourth-order valence-electron chi connectivity index (χ4n) is 5.43. The van der Waals surface area contributed by atoms with Crippen LogP contribution in [-0.2, 0) is 60.3 Å². The fourth-order valence-corrected chi connectivity index (χ4v) is 9.06. The van der Waals surface area contributed by atoms with E-state index >= 15 is 0 Å². The number of hydrogen-bond donors (Lipinski definition) is 10. The first-order chi connectivity index (χ1) is 28.3. The molecule has 1 fully saturated rings. The summed E-state index contributed by atoms with van der Waals surface area (Å²) < 4.78 is 62.1. The van der Waals surface area contributed by atoms with Crippen LogP contribution in [0.4, 0.5) is 5.82 Å². The highest BCUT2D eigenvalue weighted by molar-refractivity contribution is 8.13. The van der Waals surface area contributed by atoms with Crippen LogP contribution in [0, 0.1) is 11.3 Å². The Morgan fingerprint density at radius 2 is 1.67 bits per heavy atom. The van der Waals surface area contributed by atoms with Gasteiger partial charge in [-0.2, -0.15) is 4.31 Å². The zero-order chi connectivity index (χ0) is 45.9. The molecule has 3 heterocycles. The third kappa shape index (κ3) is 15.8. The van der Waals surface area contributed by atoms with E-state index in [1.165, 1.54) is 13.8 Å².